The summed E-state index contributed by atoms with van der Waals surface area (Å²) in [6.07, 6.45) is 2.62. The Morgan fingerprint density at radius 1 is 1.15 bits per heavy atom. The number of pyridine rings is 1. The van der Waals surface area contributed by atoms with Crippen LogP contribution in [0.15, 0.2) is 65.6 Å². The Labute approximate surface area is 151 Å². The van der Waals surface area contributed by atoms with E-state index in [9.17, 15) is 9.59 Å². The topological polar surface area (TPSA) is 51.5 Å². The number of nitrogens with zero attached hydrogens (tertiary/aromatic N) is 2. The van der Waals surface area contributed by atoms with Crippen molar-refractivity contribution in [1.82, 2.24) is 9.47 Å². The first-order valence-corrected chi connectivity index (χ1v) is 8.69. The predicted molar refractivity (Wildman–Crippen MR) is 100 cm³/mol. The van der Waals surface area contributed by atoms with Gasteiger partial charge in [-0.15, -0.1) is 0 Å². The molecule has 3 aromatic rings. The molecule has 2 aromatic carbocycles. The molecule has 1 saturated heterocycles. The monoisotopic (exact) mass is 348 g/mol. The van der Waals surface area contributed by atoms with Crippen molar-refractivity contribution < 1.29 is 9.53 Å². The van der Waals surface area contributed by atoms with Crippen molar-refractivity contribution >= 4 is 16.7 Å². The Bertz CT molecular complexity index is 1020. The molecule has 5 heteroatoms. The van der Waals surface area contributed by atoms with Gasteiger partial charge in [-0.3, -0.25) is 9.59 Å². The minimum absolute atomic E-state index is 0.0403. The van der Waals surface area contributed by atoms with Crippen molar-refractivity contribution in [2.75, 3.05) is 13.7 Å². The smallest absolute Gasteiger partial charge is 0.258 e. The molecule has 0 N–H and O–H groups in total. The molecule has 1 aliphatic rings. The van der Waals surface area contributed by atoms with Crippen LogP contribution in [0.5, 0.6) is 5.75 Å². The molecule has 1 atom stereocenters. The summed E-state index contributed by atoms with van der Waals surface area (Å²) in [4.78, 5) is 27.2. The number of fused-ring (bicyclic) bond motifs is 1. The summed E-state index contributed by atoms with van der Waals surface area (Å²) in [7, 11) is 1.63. The maximum absolute atomic E-state index is 12.8. The number of carbonyl (C=O) groups is 1. The number of rotatable bonds is 4. The van der Waals surface area contributed by atoms with Crippen molar-refractivity contribution in [3.05, 3.63) is 76.7 Å². The second-order valence-electron chi connectivity index (χ2n) is 6.50. The maximum Gasteiger partial charge on any atom is 0.258 e. The average Bonchev–Trinajstić information content (AvgIpc) is 2.63. The van der Waals surface area contributed by atoms with Crippen LogP contribution in [0.1, 0.15) is 18.0 Å². The highest BCUT2D eigenvalue weighted by atomic mass is 16.5. The van der Waals surface area contributed by atoms with E-state index in [4.69, 9.17) is 4.74 Å². The van der Waals surface area contributed by atoms with Gasteiger partial charge in [0.25, 0.3) is 5.56 Å². The lowest BCUT2D eigenvalue weighted by atomic mass is 9.94. The summed E-state index contributed by atoms with van der Waals surface area (Å²) in [5, 5.41) is 1.52. The van der Waals surface area contributed by atoms with Crippen LogP contribution in [0.4, 0.5) is 0 Å². The normalized spacial score (nSPS) is 16.3. The Hall–Kier alpha value is -3.08. The van der Waals surface area contributed by atoms with Gasteiger partial charge in [0.1, 0.15) is 12.3 Å². The van der Waals surface area contributed by atoms with E-state index in [1.807, 2.05) is 53.4 Å². The van der Waals surface area contributed by atoms with Crippen molar-refractivity contribution in [1.29, 1.82) is 0 Å². The van der Waals surface area contributed by atoms with E-state index >= 15 is 0 Å². The minimum Gasteiger partial charge on any atom is -0.497 e. The first-order chi connectivity index (χ1) is 12.7. The molecule has 0 saturated carbocycles. The van der Waals surface area contributed by atoms with E-state index in [2.05, 4.69) is 0 Å². The van der Waals surface area contributed by atoms with Gasteiger partial charge in [-0.25, -0.2) is 0 Å². The highest BCUT2D eigenvalue weighted by molar-refractivity contribution is 5.82. The van der Waals surface area contributed by atoms with E-state index in [1.54, 1.807) is 19.4 Å². The molecule has 1 amide bonds. The van der Waals surface area contributed by atoms with Gasteiger partial charge in [-0.05, 0) is 41.6 Å². The Morgan fingerprint density at radius 3 is 2.77 bits per heavy atom. The average molecular weight is 348 g/mol. The van der Waals surface area contributed by atoms with Gasteiger partial charge < -0.3 is 14.2 Å². The largest absolute Gasteiger partial charge is 0.497 e. The van der Waals surface area contributed by atoms with Gasteiger partial charge >= 0.3 is 0 Å². The summed E-state index contributed by atoms with van der Waals surface area (Å²) in [6, 6.07) is 17.2. The number of likely N-dealkylation sites (tertiary alicyclic amines) is 1. The van der Waals surface area contributed by atoms with Crippen molar-refractivity contribution in [2.45, 2.75) is 19.0 Å². The highest BCUT2D eigenvalue weighted by Gasteiger charge is 2.33. The molecule has 0 unspecified atom stereocenters. The zero-order valence-corrected chi connectivity index (χ0v) is 14.6. The van der Waals surface area contributed by atoms with E-state index in [1.165, 1.54) is 4.57 Å². The molecule has 0 spiro atoms. The third-order valence-corrected chi connectivity index (χ3v) is 5.01. The molecular weight excluding hydrogens is 328 g/mol. The van der Waals surface area contributed by atoms with Crippen LogP contribution in [0.2, 0.25) is 0 Å². The van der Waals surface area contributed by atoms with Crippen LogP contribution in [0.3, 0.4) is 0 Å². The number of methoxy groups -OCH3 is 1. The molecule has 132 valence electrons. The highest BCUT2D eigenvalue weighted by Crippen LogP contribution is 2.34. The first-order valence-electron chi connectivity index (χ1n) is 8.69. The van der Waals surface area contributed by atoms with Gasteiger partial charge in [-0.2, -0.15) is 0 Å². The fourth-order valence-corrected chi connectivity index (χ4v) is 3.47. The van der Waals surface area contributed by atoms with Gasteiger partial charge in [-0.1, -0.05) is 30.3 Å². The van der Waals surface area contributed by atoms with Gasteiger partial charge in [0, 0.05) is 18.1 Å². The Morgan fingerprint density at radius 2 is 2.00 bits per heavy atom. The third kappa shape index (κ3) is 2.86. The molecule has 0 bridgehead atoms. The summed E-state index contributed by atoms with van der Waals surface area (Å²) in [5.74, 6) is 0.744. The number of amides is 1. The van der Waals surface area contributed by atoms with E-state index < -0.39 is 0 Å². The van der Waals surface area contributed by atoms with Crippen molar-refractivity contribution in [3.8, 4) is 5.75 Å². The number of hydrogen-bond donors (Lipinski definition) is 0. The zero-order valence-electron chi connectivity index (χ0n) is 14.6. The predicted octanol–water partition coefficient (Wildman–Crippen LogP) is 2.98. The minimum atomic E-state index is -0.130. The molecule has 2 heterocycles. The van der Waals surface area contributed by atoms with Gasteiger partial charge in [0.15, 0.2) is 0 Å². The van der Waals surface area contributed by atoms with Crippen LogP contribution in [-0.4, -0.2) is 29.0 Å². The van der Waals surface area contributed by atoms with Gasteiger partial charge in [0.05, 0.1) is 13.2 Å². The fourth-order valence-electron chi connectivity index (χ4n) is 3.47. The quantitative estimate of drug-likeness (QED) is 0.728. The lowest BCUT2D eigenvalue weighted by Gasteiger charge is -2.41. The molecule has 1 fully saturated rings. The van der Waals surface area contributed by atoms with Crippen LogP contribution in [0, 0.1) is 0 Å². The lowest BCUT2D eigenvalue weighted by Crippen LogP contribution is -2.47. The molecule has 0 radical (unpaired) electrons. The van der Waals surface area contributed by atoms with E-state index in [-0.39, 0.29) is 24.1 Å². The van der Waals surface area contributed by atoms with E-state index in [0.29, 0.717) is 11.9 Å². The molecule has 1 aromatic heterocycles. The fraction of sp³-hybridized carbons (Fsp3) is 0.238. The molecule has 26 heavy (non-hydrogen) atoms. The Balaban J connectivity index is 1.55. The summed E-state index contributed by atoms with van der Waals surface area (Å²) < 4.78 is 6.76. The lowest BCUT2D eigenvalue weighted by molar-refractivity contribution is -0.139. The van der Waals surface area contributed by atoms with Crippen LogP contribution < -0.4 is 10.3 Å². The number of aromatic nitrogens is 1. The Kier molecular flexibility index (Phi) is 4.21. The molecule has 0 aliphatic carbocycles. The van der Waals surface area contributed by atoms with E-state index in [0.717, 1.165) is 23.1 Å². The summed E-state index contributed by atoms with van der Waals surface area (Å²) >= 11 is 0. The third-order valence-electron chi connectivity index (χ3n) is 5.01. The second kappa shape index (κ2) is 6.67. The maximum atomic E-state index is 12.8. The number of benzene rings is 2. The molecular formula is C21H20N2O3. The van der Waals surface area contributed by atoms with Crippen LogP contribution in [-0.2, 0) is 11.3 Å². The van der Waals surface area contributed by atoms with Crippen molar-refractivity contribution in [2.24, 2.45) is 0 Å². The number of carbonyl (C=O) groups excluding carboxylic acids is 1. The van der Waals surface area contributed by atoms with Gasteiger partial charge in [0.2, 0.25) is 5.91 Å². The molecule has 4 rings (SSSR count). The van der Waals surface area contributed by atoms with Crippen molar-refractivity contribution in [3.63, 3.8) is 0 Å². The first kappa shape index (κ1) is 16.4. The zero-order chi connectivity index (χ0) is 18.1. The van der Waals surface area contributed by atoms with Crippen LogP contribution >= 0.6 is 0 Å². The summed E-state index contributed by atoms with van der Waals surface area (Å²) in [5.41, 5.74) is 0.935. The number of hydrogen-bond acceptors (Lipinski definition) is 3. The molecule has 5 nitrogen and oxygen atoms in total. The second-order valence-corrected chi connectivity index (χ2v) is 6.50. The summed E-state index contributed by atoms with van der Waals surface area (Å²) in [6.45, 7) is 0.771. The van der Waals surface area contributed by atoms with Crippen LogP contribution in [0.25, 0.3) is 10.8 Å². The molecule has 1 aliphatic heterocycles. The SMILES string of the molecule is COc1cccc([C@@H]2CCN2C(=O)Cn2ccc3ccccc3c2=O)c1. The standard InChI is InChI=1S/C21H20N2O3/c1-26-17-7-4-6-16(13-17)19-10-12-23(19)20(24)14-22-11-9-15-5-2-3-8-18(15)21(22)25/h2-9,11,13,19H,10,12,14H2,1H3/t19-/m0/s1. The number of ether oxygens (including phenoxy) is 1.